The van der Waals surface area contributed by atoms with E-state index in [4.69, 9.17) is 9.47 Å². The molecule has 126 valence electrons. The van der Waals surface area contributed by atoms with Crippen molar-refractivity contribution >= 4 is 11.9 Å². The Hall–Kier alpha value is -2.96. The Bertz CT molecular complexity index is 712. The Balaban J connectivity index is 1.80. The Labute approximate surface area is 137 Å². The van der Waals surface area contributed by atoms with Crippen LogP contribution in [0.1, 0.15) is 15.9 Å². The fourth-order valence-corrected chi connectivity index (χ4v) is 1.88. The molecule has 0 spiro atoms. The van der Waals surface area contributed by atoms with Crippen LogP contribution in [-0.4, -0.2) is 25.6 Å². The van der Waals surface area contributed by atoms with Gasteiger partial charge in [-0.1, -0.05) is 12.1 Å². The number of hydrogen-bond donors (Lipinski definition) is 1. The SMILES string of the molecule is COc1ccc(CNC(=O)COC(=O)c2cc(F)cc(F)c2)cc1. The lowest BCUT2D eigenvalue weighted by Crippen LogP contribution is -2.28. The van der Waals surface area contributed by atoms with E-state index in [1.165, 1.54) is 0 Å². The van der Waals surface area contributed by atoms with E-state index >= 15 is 0 Å². The zero-order chi connectivity index (χ0) is 17.5. The highest BCUT2D eigenvalue weighted by Gasteiger charge is 2.12. The highest BCUT2D eigenvalue weighted by atomic mass is 19.1. The van der Waals surface area contributed by atoms with Crippen LogP contribution in [0.25, 0.3) is 0 Å². The molecule has 2 rings (SSSR count). The van der Waals surface area contributed by atoms with Gasteiger partial charge in [-0.3, -0.25) is 4.79 Å². The highest BCUT2D eigenvalue weighted by molar-refractivity contribution is 5.91. The predicted molar refractivity (Wildman–Crippen MR) is 81.5 cm³/mol. The van der Waals surface area contributed by atoms with Crippen molar-refractivity contribution in [3.05, 3.63) is 65.2 Å². The number of esters is 1. The van der Waals surface area contributed by atoms with E-state index in [0.29, 0.717) is 11.8 Å². The average Bonchev–Trinajstić information content (AvgIpc) is 2.57. The minimum absolute atomic E-state index is 0.245. The number of methoxy groups -OCH3 is 1. The lowest BCUT2D eigenvalue weighted by atomic mass is 10.2. The predicted octanol–water partition coefficient (Wildman–Crippen LogP) is 2.45. The van der Waals surface area contributed by atoms with Crippen LogP contribution < -0.4 is 10.1 Å². The Morgan fingerprint density at radius 2 is 1.67 bits per heavy atom. The van der Waals surface area contributed by atoms with Crippen molar-refractivity contribution < 1.29 is 27.8 Å². The molecule has 5 nitrogen and oxygen atoms in total. The monoisotopic (exact) mass is 335 g/mol. The fraction of sp³-hybridized carbons (Fsp3) is 0.176. The molecule has 0 saturated carbocycles. The number of nitrogens with one attached hydrogen (secondary N) is 1. The smallest absolute Gasteiger partial charge is 0.338 e. The molecule has 0 radical (unpaired) electrons. The summed E-state index contributed by atoms with van der Waals surface area (Å²) in [6.07, 6.45) is 0. The van der Waals surface area contributed by atoms with Crippen molar-refractivity contribution in [3.63, 3.8) is 0 Å². The second-order valence-electron chi connectivity index (χ2n) is 4.86. The molecule has 0 heterocycles. The molecular weight excluding hydrogens is 320 g/mol. The van der Waals surface area contributed by atoms with Crippen LogP contribution in [0.2, 0.25) is 0 Å². The van der Waals surface area contributed by atoms with Crippen molar-refractivity contribution in [1.29, 1.82) is 0 Å². The summed E-state index contributed by atoms with van der Waals surface area (Å²) in [6, 6.07) is 9.36. The van der Waals surface area contributed by atoms with Gasteiger partial charge in [0.2, 0.25) is 0 Å². The van der Waals surface area contributed by atoms with Crippen LogP contribution in [0.3, 0.4) is 0 Å². The molecule has 0 fully saturated rings. The number of amides is 1. The molecule has 0 unspecified atom stereocenters. The van der Waals surface area contributed by atoms with Crippen molar-refractivity contribution in [2.24, 2.45) is 0 Å². The summed E-state index contributed by atoms with van der Waals surface area (Å²) in [5.74, 6) is -2.61. The molecule has 0 aromatic heterocycles. The van der Waals surface area contributed by atoms with Gasteiger partial charge in [0.25, 0.3) is 5.91 Å². The molecular formula is C17H15F2NO4. The fourth-order valence-electron chi connectivity index (χ4n) is 1.88. The van der Waals surface area contributed by atoms with Gasteiger partial charge in [-0.15, -0.1) is 0 Å². The van der Waals surface area contributed by atoms with E-state index in [9.17, 15) is 18.4 Å². The third kappa shape index (κ3) is 5.05. The summed E-state index contributed by atoms with van der Waals surface area (Å²) in [4.78, 5) is 23.3. The summed E-state index contributed by atoms with van der Waals surface area (Å²) in [5, 5.41) is 2.56. The number of halogens is 2. The van der Waals surface area contributed by atoms with E-state index in [1.54, 1.807) is 31.4 Å². The first kappa shape index (κ1) is 17.4. The molecule has 7 heteroatoms. The number of carbonyl (C=O) groups is 2. The lowest BCUT2D eigenvalue weighted by Gasteiger charge is -2.07. The van der Waals surface area contributed by atoms with E-state index < -0.39 is 30.1 Å². The molecule has 0 aliphatic heterocycles. The number of carbonyl (C=O) groups excluding carboxylic acids is 2. The third-order valence-electron chi connectivity index (χ3n) is 3.08. The summed E-state index contributed by atoms with van der Waals surface area (Å²) in [5.41, 5.74) is 0.540. The average molecular weight is 335 g/mol. The maximum atomic E-state index is 13.0. The van der Waals surface area contributed by atoms with Crippen LogP contribution >= 0.6 is 0 Å². The molecule has 2 aromatic rings. The van der Waals surface area contributed by atoms with Gasteiger partial charge in [-0.25, -0.2) is 13.6 Å². The maximum absolute atomic E-state index is 13.0. The minimum atomic E-state index is -0.979. The van der Waals surface area contributed by atoms with Crippen molar-refractivity contribution in [1.82, 2.24) is 5.32 Å². The first-order chi connectivity index (χ1) is 11.5. The molecule has 24 heavy (non-hydrogen) atoms. The molecule has 0 saturated heterocycles. The summed E-state index contributed by atoms with van der Waals surface area (Å²) >= 11 is 0. The summed E-state index contributed by atoms with van der Waals surface area (Å²) in [7, 11) is 1.55. The van der Waals surface area contributed by atoms with Crippen LogP contribution in [-0.2, 0) is 16.1 Å². The number of ether oxygens (including phenoxy) is 2. The zero-order valence-corrected chi connectivity index (χ0v) is 12.8. The van der Waals surface area contributed by atoms with Crippen LogP contribution in [0.4, 0.5) is 8.78 Å². The van der Waals surface area contributed by atoms with Gasteiger partial charge in [-0.2, -0.15) is 0 Å². The summed E-state index contributed by atoms with van der Waals surface area (Å²) < 4.78 is 35.8. The number of rotatable bonds is 6. The molecule has 0 atom stereocenters. The van der Waals surface area contributed by atoms with E-state index in [0.717, 1.165) is 17.7 Å². The number of hydrogen-bond acceptors (Lipinski definition) is 4. The first-order valence-corrected chi connectivity index (χ1v) is 7.01. The van der Waals surface area contributed by atoms with E-state index in [2.05, 4.69) is 5.32 Å². The molecule has 1 amide bonds. The largest absolute Gasteiger partial charge is 0.497 e. The Kier molecular flexibility index (Phi) is 5.83. The van der Waals surface area contributed by atoms with Crippen molar-refractivity contribution in [3.8, 4) is 5.75 Å². The zero-order valence-electron chi connectivity index (χ0n) is 12.8. The standard InChI is InChI=1S/C17H15F2NO4/c1-23-15-4-2-11(3-5-15)9-20-16(21)10-24-17(22)12-6-13(18)8-14(19)7-12/h2-8H,9-10H2,1H3,(H,20,21). The second kappa shape index (κ2) is 8.05. The Morgan fingerprint density at radius 3 is 2.25 bits per heavy atom. The van der Waals surface area contributed by atoms with Crippen molar-refractivity contribution in [2.75, 3.05) is 13.7 Å². The van der Waals surface area contributed by atoms with Crippen LogP contribution in [0.15, 0.2) is 42.5 Å². The number of benzene rings is 2. The van der Waals surface area contributed by atoms with E-state index in [1.807, 2.05) is 0 Å². The molecule has 0 aliphatic carbocycles. The molecule has 0 bridgehead atoms. The van der Waals surface area contributed by atoms with Crippen LogP contribution in [0.5, 0.6) is 5.75 Å². The maximum Gasteiger partial charge on any atom is 0.338 e. The van der Waals surface area contributed by atoms with Gasteiger partial charge in [-0.05, 0) is 29.8 Å². The third-order valence-corrected chi connectivity index (χ3v) is 3.08. The van der Waals surface area contributed by atoms with Gasteiger partial charge in [0.05, 0.1) is 12.7 Å². The summed E-state index contributed by atoms with van der Waals surface area (Å²) in [6.45, 7) is -0.303. The van der Waals surface area contributed by atoms with Gasteiger partial charge >= 0.3 is 5.97 Å². The first-order valence-electron chi connectivity index (χ1n) is 7.01. The van der Waals surface area contributed by atoms with Gasteiger partial charge in [0, 0.05) is 12.6 Å². The molecule has 0 aliphatic rings. The molecule has 2 aromatic carbocycles. The molecule has 1 N–H and O–H groups in total. The van der Waals surface area contributed by atoms with Crippen LogP contribution in [0, 0.1) is 11.6 Å². The van der Waals surface area contributed by atoms with Gasteiger partial charge < -0.3 is 14.8 Å². The quantitative estimate of drug-likeness (QED) is 0.824. The van der Waals surface area contributed by atoms with Crippen molar-refractivity contribution in [2.45, 2.75) is 6.54 Å². The van der Waals surface area contributed by atoms with Gasteiger partial charge in [0.15, 0.2) is 6.61 Å². The second-order valence-corrected chi connectivity index (χ2v) is 4.86. The minimum Gasteiger partial charge on any atom is -0.497 e. The van der Waals surface area contributed by atoms with E-state index in [-0.39, 0.29) is 12.1 Å². The lowest BCUT2D eigenvalue weighted by molar-refractivity contribution is -0.124. The normalized spacial score (nSPS) is 10.1. The Morgan fingerprint density at radius 1 is 1.04 bits per heavy atom. The van der Waals surface area contributed by atoms with Gasteiger partial charge in [0.1, 0.15) is 17.4 Å². The highest BCUT2D eigenvalue weighted by Crippen LogP contribution is 2.11. The topological polar surface area (TPSA) is 64.6 Å².